The molecule has 1 aliphatic rings. The van der Waals surface area contributed by atoms with E-state index in [0.717, 1.165) is 25.8 Å². The third-order valence-corrected chi connectivity index (χ3v) is 2.91. The van der Waals surface area contributed by atoms with Crippen molar-refractivity contribution in [1.29, 1.82) is 0 Å². The molecule has 0 aromatic carbocycles. The van der Waals surface area contributed by atoms with Crippen LogP contribution in [0, 0.1) is 11.8 Å². The van der Waals surface area contributed by atoms with Crippen LogP contribution < -0.4 is 5.73 Å². The zero-order valence-corrected chi connectivity index (χ0v) is 8.62. The molecule has 1 aliphatic carbocycles. The Kier molecular flexibility index (Phi) is 3.72. The third-order valence-electron chi connectivity index (χ3n) is 2.91. The van der Waals surface area contributed by atoms with Crippen LogP contribution in [0.5, 0.6) is 0 Å². The van der Waals surface area contributed by atoms with Crippen molar-refractivity contribution < 1.29 is 4.79 Å². The molecule has 1 saturated carbocycles. The molecule has 0 spiro atoms. The van der Waals surface area contributed by atoms with Gasteiger partial charge in [-0.15, -0.1) is 0 Å². The molecule has 0 aromatic rings. The van der Waals surface area contributed by atoms with Crippen LogP contribution >= 0.6 is 0 Å². The highest BCUT2D eigenvalue weighted by atomic mass is 16.2. The normalized spacial score (nSPS) is 27.6. The number of rotatable bonds is 3. The molecule has 2 unspecified atom stereocenters. The van der Waals surface area contributed by atoms with Crippen molar-refractivity contribution in [1.82, 2.24) is 4.90 Å². The number of nitrogens with zero attached hydrogens (tertiary/aromatic N) is 1. The summed E-state index contributed by atoms with van der Waals surface area (Å²) in [6, 6.07) is 0. The van der Waals surface area contributed by atoms with Gasteiger partial charge in [0.2, 0.25) is 5.91 Å². The lowest BCUT2D eigenvalue weighted by Gasteiger charge is -2.15. The summed E-state index contributed by atoms with van der Waals surface area (Å²) < 4.78 is 0. The van der Waals surface area contributed by atoms with E-state index < -0.39 is 0 Å². The van der Waals surface area contributed by atoms with E-state index in [1.165, 1.54) is 6.42 Å². The van der Waals surface area contributed by atoms with Gasteiger partial charge in [-0.3, -0.25) is 4.79 Å². The average Bonchev–Trinajstić information content (AvgIpc) is 2.52. The first-order chi connectivity index (χ1) is 6.15. The van der Waals surface area contributed by atoms with Gasteiger partial charge in [0.25, 0.3) is 0 Å². The first-order valence-corrected chi connectivity index (χ1v) is 5.06. The lowest BCUT2D eigenvalue weighted by atomic mass is 10.0. The van der Waals surface area contributed by atoms with E-state index in [4.69, 9.17) is 5.73 Å². The molecule has 76 valence electrons. The fraction of sp³-hybridized carbons (Fsp3) is 0.900. The summed E-state index contributed by atoms with van der Waals surface area (Å²) in [7, 11) is 3.66. The van der Waals surface area contributed by atoms with Crippen molar-refractivity contribution in [2.45, 2.75) is 25.7 Å². The molecule has 0 saturated heterocycles. The zero-order chi connectivity index (χ0) is 9.84. The van der Waals surface area contributed by atoms with E-state index in [0.29, 0.717) is 11.8 Å². The second kappa shape index (κ2) is 4.61. The van der Waals surface area contributed by atoms with Crippen molar-refractivity contribution in [2.24, 2.45) is 17.6 Å². The predicted octanol–water partition coefficient (Wildman–Crippen LogP) is 0.840. The SMILES string of the molecule is CN(C)C(=O)C1CCC(CCN)C1. The summed E-state index contributed by atoms with van der Waals surface area (Å²) in [6.07, 6.45) is 4.37. The minimum absolute atomic E-state index is 0.270. The minimum atomic E-state index is 0.270. The Morgan fingerprint density at radius 3 is 2.69 bits per heavy atom. The van der Waals surface area contributed by atoms with Crippen LogP contribution in [0.25, 0.3) is 0 Å². The molecule has 3 heteroatoms. The Bertz CT molecular complexity index is 180. The highest BCUT2D eigenvalue weighted by molar-refractivity contribution is 5.78. The van der Waals surface area contributed by atoms with Gasteiger partial charge in [-0.1, -0.05) is 0 Å². The highest BCUT2D eigenvalue weighted by Gasteiger charge is 2.29. The quantitative estimate of drug-likeness (QED) is 0.706. The topological polar surface area (TPSA) is 46.3 Å². The highest BCUT2D eigenvalue weighted by Crippen LogP contribution is 2.33. The number of hydrogen-bond donors (Lipinski definition) is 1. The fourth-order valence-corrected chi connectivity index (χ4v) is 2.16. The maximum atomic E-state index is 11.6. The van der Waals surface area contributed by atoms with Gasteiger partial charge >= 0.3 is 0 Å². The second-order valence-corrected chi connectivity index (χ2v) is 4.19. The molecule has 0 aromatic heterocycles. The standard InChI is InChI=1S/C10H20N2O/c1-12(2)10(13)9-4-3-8(7-9)5-6-11/h8-9H,3-7,11H2,1-2H3. The van der Waals surface area contributed by atoms with Crippen LogP contribution in [-0.2, 0) is 4.79 Å². The van der Waals surface area contributed by atoms with Crippen molar-refractivity contribution in [3.8, 4) is 0 Å². The van der Waals surface area contributed by atoms with Gasteiger partial charge in [-0.05, 0) is 38.1 Å². The Balaban J connectivity index is 2.36. The molecule has 3 nitrogen and oxygen atoms in total. The largest absolute Gasteiger partial charge is 0.349 e. The van der Waals surface area contributed by atoms with E-state index in [-0.39, 0.29) is 5.92 Å². The Hall–Kier alpha value is -0.570. The Morgan fingerprint density at radius 2 is 2.15 bits per heavy atom. The summed E-state index contributed by atoms with van der Waals surface area (Å²) in [4.78, 5) is 13.3. The zero-order valence-electron chi connectivity index (χ0n) is 8.62. The van der Waals surface area contributed by atoms with Crippen molar-refractivity contribution in [3.05, 3.63) is 0 Å². The lowest BCUT2D eigenvalue weighted by molar-refractivity contribution is -0.132. The number of carbonyl (C=O) groups excluding carboxylic acids is 1. The molecule has 0 bridgehead atoms. The molecule has 13 heavy (non-hydrogen) atoms. The molecule has 2 atom stereocenters. The van der Waals surface area contributed by atoms with E-state index in [2.05, 4.69) is 0 Å². The van der Waals surface area contributed by atoms with Gasteiger partial charge < -0.3 is 10.6 Å². The van der Waals surface area contributed by atoms with Gasteiger partial charge in [0.15, 0.2) is 0 Å². The van der Waals surface area contributed by atoms with Gasteiger partial charge in [-0.2, -0.15) is 0 Å². The number of carbonyl (C=O) groups is 1. The molecule has 1 amide bonds. The van der Waals surface area contributed by atoms with Crippen molar-refractivity contribution in [3.63, 3.8) is 0 Å². The van der Waals surface area contributed by atoms with Crippen LogP contribution in [0.15, 0.2) is 0 Å². The maximum Gasteiger partial charge on any atom is 0.225 e. The number of nitrogens with two attached hydrogens (primary N) is 1. The Labute approximate surface area is 80.3 Å². The Morgan fingerprint density at radius 1 is 1.46 bits per heavy atom. The van der Waals surface area contributed by atoms with Gasteiger partial charge in [0, 0.05) is 20.0 Å². The summed E-state index contributed by atoms with van der Waals surface area (Å²) in [5.41, 5.74) is 5.49. The van der Waals surface area contributed by atoms with Gasteiger partial charge in [0.05, 0.1) is 0 Å². The third kappa shape index (κ3) is 2.69. The van der Waals surface area contributed by atoms with E-state index in [1.54, 1.807) is 4.90 Å². The second-order valence-electron chi connectivity index (χ2n) is 4.19. The summed E-state index contributed by atoms with van der Waals surface area (Å²) in [6.45, 7) is 0.757. The number of amides is 1. The number of hydrogen-bond acceptors (Lipinski definition) is 2. The minimum Gasteiger partial charge on any atom is -0.349 e. The van der Waals surface area contributed by atoms with E-state index in [9.17, 15) is 4.79 Å². The van der Waals surface area contributed by atoms with Crippen LogP contribution in [-0.4, -0.2) is 31.4 Å². The van der Waals surface area contributed by atoms with Gasteiger partial charge in [0.1, 0.15) is 0 Å². The van der Waals surface area contributed by atoms with Crippen LogP contribution in [0.1, 0.15) is 25.7 Å². The van der Waals surface area contributed by atoms with Crippen LogP contribution in [0.4, 0.5) is 0 Å². The molecular formula is C10H20N2O. The first kappa shape index (κ1) is 10.5. The maximum absolute atomic E-state index is 11.6. The van der Waals surface area contributed by atoms with Gasteiger partial charge in [-0.25, -0.2) is 0 Å². The smallest absolute Gasteiger partial charge is 0.225 e. The van der Waals surface area contributed by atoms with E-state index in [1.807, 2.05) is 14.1 Å². The van der Waals surface area contributed by atoms with Crippen molar-refractivity contribution in [2.75, 3.05) is 20.6 Å². The molecule has 0 aliphatic heterocycles. The summed E-state index contributed by atoms with van der Waals surface area (Å²) in [5, 5.41) is 0. The molecule has 1 fully saturated rings. The molecule has 1 rings (SSSR count). The van der Waals surface area contributed by atoms with Crippen LogP contribution in [0.3, 0.4) is 0 Å². The monoisotopic (exact) mass is 184 g/mol. The molecule has 0 heterocycles. The molecular weight excluding hydrogens is 164 g/mol. The van der Waals surface area contributed by atoms with Crippen LogP contribution in [0.2, 0.25) is 0 Å². The summed E-state index contributed by atoms with van der Waals surface area (Å²) >= 11 is 0. The first-order valence-electron chi connectivity index (χ1n) is 5.06. The van der Waals surface area contributed by atoms with Crippen molar-refractivity contribution >= 4 is 5.91 Å². The lowest BCUT2D eigenvalue weighted by Crippen LogP contribution is -2.28. The predicted molar refractivity (Wildman–Crippen MR) is 53.2 cm³/mol. The summed E-state index contributed by atoms with van der Waals surface area (Å²) in [5.74, 6) is 1.25. The molecule has 0 radical (unpaired) electrons. The van der Waals surface area contributed by atoms with E-state index >= 15 is 0 Å². The average molecular weight is 184 g/mol. The fourth-order valence-electron chi connectivity index (χ4n) is 2.16. The molecule has 2 N–H and O–H groups in total.